The fourth-order valence-electron chi connectivity index (χ4n) is 5.09. The van der Waals surface area contributed by atoms with Gasteiger partial charge in [-0.2, -0.15) is 0 Å². The van der Waals surface area contributed by atoms with Crippen LogP contribution in [0.1, 0.15) is 0 Å². The van der Waals surface area contributed by atoms with Gasteiger partial charge in [0.25, 0.3) is 0 Å². The molecule has 6 aromatic carbocycles. The van der Waals surface area contributed by atoms with Crippen LogP contribution < -0.4 is 0 Å². The number of benzene rings is 6. The highest BCUT2D eigenvalue weighted by molar-refractivity contribution is 7.26. The lowest BCUT2D eigenvalue weighted by atomic mass is 9.91. The van der Waals surface area contributed by atoms with Crippen LogP contribution in [0.5, 0.6) is 0 Å². The van der Waals surface area contributed by atoms with Crippen molar-refractivity contribution in [1.29, 1.82) is 0 Å². The van der Waals surface area contributed by atoms with Gasteiger partial charge in [0.1, 0.15) is 0 Å². The molecule has 2 heteroatoms. The van der Waals surface area contributed by atoms with E-state index in [0.717, 1.165) is 9.72 Å². The summed E-state index contributed by atoms with van der Waals surface area (Å²) in [6, 6.07) is 41.5. The molecular weight excluding hydrogens is 452 g/mol. The van der Waals surface area contributed by atoms with Crippen LogP contribution in [0.2, 0.25) is 5.02 Å². The second kappa shape index (κ2) is 7.70. The molecule has 34 heavy (non-hydrogen) atoms. The van der Waals surface area contributed by atoms with Crippen molar-refractivity contribution in [2.45, 2.75) is 0 Å². The number of rotatable bonds is 2. The SMILES string of the molecule is Clc1cccc2c1sc1ccc(-c3ccc4c(c3)cc(-c3ccccc3)c3ccccc34)cc12. The molecule has 0 saturated heterocycles. The lowest BCUT2D eigenvalue weighted by molar-refractivity contribution is 1.66. The van der Waals surface area contributed by atoms with Crippen molar-refractivity contribution in [1.82, 2.24) is 0 Å². The monoisotopic (exact) mass is 470 g/mol. The van der Waals surface area contributed by atoms with Crippen molar-refractivity contribution in [2.24, 2.45) is 0 Å². The molecule has 0 aliphatic carbocycles. The zero-order valence-electron chi connectivity index (χ0n) is 18.3. The molecule has 0 amide bonds. The molecule has 0 bridgehead atoms. The van der Waals surface area contributed by atoms with Crippen LogP contribution in [-0.2, 0) is 0 Å². The first kappa shape index (κ1) is 19.8. The van der Waals surface area contributed by atoms with E-state index in [9.17, 15) is 0 Å². The van der Waals surface area contributed by atoms with Crippen molar-refractivity contribution in [3.05, 3.63) is 120 Å². The van der Waals surface area contributed by atoms with Gasteiger partial charge in [0.2, 0.25) is 0 Å². The van der Waals surface area contributed by atoms with Crippen molar-refractivity contribution in [3.63, 3.8) is 0 Å². The van der Waals surface area contributed by atoms with E-state index in [1.54, 1.807) is 11.3 Å². The molecule has 0 aliphatic rings. The van der Waals surface area contributed by atoms with Gasteiger partial charge in [-0.05, 0) is 74.1 Å². The van der Waals surface area contributed by atoms with Gasteiger partial charge in [0.05, 0.1) is 9.72 Å². The summed E-state index contributed by atoms with van der Waals surface area (Å²) >= 11 is 8.24. The molecule has 0 saturated carbocycles. The maximum absolute atomic E-state index is 6.47. The Morgan fingerprint density at radius 1 is 0.471 bits per heavy atom. The molecule has 0 nitrogen and oxygen atoms in total. The zero-order chi connectivity index (χ0) is 22.6. The van der Waals surface area contributed by atoms with Gasteiger partial charge in [-0.3, -0.25) is 0 Å². The predicted molar refractivity (Wildman–Crippen MR) is 150 cm³/mol. The zero-order valence-corrected chi connectivity index (χ0v) is 19.8. The average Bonchev–Trinajstić information content (AvgIpc) is 3.28. The minimum atomic E-state index is 0.825. The van der Waals surface area contributed by atoms with Crippen LogP contribution in [0, 0.1) is 0 Å². The number of halogens is 1. The summed E-state index contributed by atoms with van der Waals surface area (Å²) < 4.78 is 2.43. The van der Waals surface area contributed by atoms with E-state index >= 15 is 0 Å². The smallest absolute Gasteiger partial charge is 0.0584 e. The second-order valence-corrected chi connectivity index (χ2v) is 10.2. The Bertz CT molecular complexity index is 1860. The highest BCUT2D eigenvalue weighted by Crippen LogP contribution is 2.41. The van der Waals surface area contributed by atoms with Gasteiger partial charge < -0.3 is 0 Å². The summed E-state index contributed by atoms with van der Waals surface area (Å²) in [5, 5.41) is 8.44. The van der Waals surface area contributed by atoms with Crippen molar-refractivity contribution < 1.29 is 0 Å². The van der Waals surface area contributed by atoms with E-state index in [0.29, 0.717) is 0 Å². The average molecular weight is 471 g/mol. The fourth-order valence-corrected chi connectivity index (χ4v) is 6.47. The summed E-state index contributed by atoms with van der Waals surface area (Å²) in [7, 11) is 0. The highest BCUT2D eigenvalue weighted by atomic mass is 35.5. The maximum Gasteiger partial charge on any atom is 0.0584 e. The van der Waals surface area contributed by atoms with E-state index in [1.807, 2.05) is 12.1 Å². The summed E-state index contributed by atoms with van der Waals surface area (Å²) in [6.45, 7) is 0. The third-order valence-corrected chi connectivity index (χ3v) is 8.37. The van der Waals surface area contributed by atoms with E-state index in [-0.39, 0.29) is 0 Å². The van der Waals surface area contributed by atoms with Crippen molar-refractivity contribution in [3.8, 4) is 22.3 Å². The lowest BCUT2D eigenvalue weighted by Gasteiger charge is -2.12. The standard InChI is InChI=1S/C32H19ClS/c33-30-12-6-11-27-29-18-22(14-16-31(29)34-32(27)30)21-13-15-24-23(17-21)19-28(20-7-2-1-3-8-20)26-10-5-4-9-25(24)26/h1-19H. The van der Waals surface area contributed by atoms with Gasteiger partial charge >= 0.3 is 0 Å². The molecule has 0 fully saturated rings. The highest BCUT2D eigenvalue weighted by Gasteiger charge is 2.12. The maximum atomic E-state index is 6.47. The normalized spacial score (nSPS) is 11.7. The second-order valence-electron chi connectivity index (χ2n) is 8.70. The van der Waals surface area contributed by atoms with E-state index < -0.39 is 0 Å². The Labute approximate surface area is 206 Å². The molecule has 0 radical (unpaired) electrons. The molecule has 0 aliphatic heterocycles. The van der Waals surface area contributed by atoms with Gasteiger partial charge in [-0.1, -0.05) is 96.5 Å². The van der Waals surface area contributed by atoms with Crippen LogP contribution in [0.4, 0.5) is 0 Å². The molecule has 0 spiro atoms. The minimum Gasteiger partial charge on any atom is -0.134 e. The lowest BCUT2D eigenvalue weighted by Crippen LogP contribution is -1.86. The molecule has 7 rings (SSSR count). The largest absolute Gasteiger partial charge is 0.134 e. The van der Waals surface area contributed by atoms with Gasteiger partial charge in [-0.15, -0.1) is 11.3 Å². The summed E-state index contributed by atoms with van der Waals surface area (Å²) in [5.41, 5.74) is 4.97. The Hall–Kier alpha value is -3.65. The van der Waals surface area contributed by atoms with Crippen LogP contribution >= 0.6 is 22.9 Å². The van der Waals surface area contributed by atoms with Crippen LogP contribution in [-0.4, -0.2) is 0 Å². The minimum absolute atomic E-state index is 0.825. The van der Waals surface area contributed by atoms with Crippen LogP contribution in [0.3, 0.4) is 0 Å². The van der Waals surface area contributed by atoms with Crippen molar-refractivity contribution >= 4 is 64.7 Å². The van der Waals surface area contributed by atoms with E-state index in [4.69, 9.17) is 11.6 Å². The summed E-state index contributed by atoms with van der Waals surface area (Å²) in [6.07, 6.45) is 0. The molecular formula is C32H19ClS. The first-order valence-electron chi connectivity index (χ1n) is 11.4. The van der Waals surface area contributed by atoms with E-state index in [2.05, 4.69) is 103 Å². The molecule has 160 valence electrons. The first-order valence-corrected chi connectivity index (χ1v) is 12.6. The molecule has 0 atom stereocenters. The Balaban J connectivity index is 1.47. The Morgan fingerprint density at radius 2 is 1.21 bits per heavy atom. The molecule has 7 aromatic rings. The van der Waals surface area contributed by atoms with E-state index in [1.165, 1.54) is 59.3 Å². The number of hydrogen-bond donors (Lipinski definition) is 0. The van der Waals surface area contributed by atoms with Gasteiger partial charge in [0.15, 0.2) is 0 Å². The number of hydrogen-bond acceptors (Lipinski definition) is 1. The molecule has 0 unspecified atom stereocenters. The first-order chi connectivity index (χ1) is 16.8. The van der Waals surface area contributed by atoms with Gasteiger partial charge in [0, 0.05) is 15.5 Å². The molecule has 1 heterocycles. The molecule has 0 N–H and O–H groups in total. The third kappa shape index (κ3) is 3.05. The quantitative estimate of drug-likeness (QED) is 0.220. The van der Waals surface area contributed by atoms with Gasteiger partial charge in [-0.25, -0.2) is 0 Å². The predicted octanol–water partition coefficient (Wildman–Crippen LogP) is 10.3. The Morgan fingerprint density at radius 3 is 2.09 bits per heavy atom. The summed E-state index contributed by atoms with van der Waals surface area (Å²) in [5.74, 6) is 0. The van der Waals surface area contributed by atoms with Crippen molar-refractivity contribution in [2.75, 3.05) is 0 Å². The van der Waals surface area contributed by atoms with Crippen LogP contribution in [0.15, 0.2) is 115 Å². The Kier molecular flexibility index (Phi) is 4.48. The molecule has 1 aromatic heterocycles. The number of thiophene rings is 1. The topological polar surface area (TPSA) is 0 Å². The third-order valence-electron chi connectivity index (χ3n) is 6.73. The number of fused-ring (bicyclic) bond motifs is 6. The van der Waals surface area contributed by atoms with Crippen LogP contribution in [0.25, 0.3) is 64.0 Å². The fraction of sp³-hybridized carbons (Fsp3) is 0. The summed E-state index contributed by atoms with van der Waals surface area (Å²) in [4.78, 5) is 0.